The first-order chi connectivity index (χ1) is 8.66. The summed E-state index contributed by atoms with van der Waals surface area (Å²) < 4.78 is 5.50. The van der Waals surface area contributed by atoms with Crippen molar-refractivity contribution in [1.29, 1.82) is 0 Å². The number of allylic oxidation sites excluding steroid dienone is 2. The highest BCUT2D eigenvalue weighted by Gasteiger charge is 2.35. The first-order valence-electron chi connectivity index (χ1n) is 6.60. The van der Waals surface area contributed by atoms with Gasteiger partial charge in [0.25, 0.3) is 0 Å². The molecule has 0 aliphatic heterocycles. The van der Waals surface area contributed by atoms with E-state index < -0.39 is 5.41 Å². The molecular weight excluding hydrogens is 224 g/mol. The van der Waals surface area contributed by atoms with E-state index in [9.17, 15) is 4.79 Å². The van der Waals surface area contributed by atoms with Crippen molar-refractivity contribution in [3.8, 4) is 0 Å². The number of hydrogen-bond donors (Lipinski definition) is 0. The molecule has 0 saturated heterocycles. The van der Waals surface area contributed by atoms with Crippen LogP contribution in [0.25, 0.3) is 0 Å². The molecule has 0 saturated carbocycles. The van der Waals surface area contributed by atoms with Crippen LogP contribution in [0.1, 0.15) is 38.7 Å². The molecule has 2 rings (SSSR count). The molecule has 1 aromatic carbocycles. The van der Waals surface area contributed by atoms with Crippen molar-refractivity contribution in [3.63, 3.8) is 0 Å². The highest BCUT2D eigenvalue weighted by atomic mass is 16.5. The molecule has 0 N–H and O–H groups in total. The van der Waals surface area contributed by atoms with Crippen LogP contribution < -0.4 is 0 Å². The van der Waals surface area contributed by atoms with Crippen molar-refractivity contribution in [3.05, 3.63) is 47.7 Å². The van der Waals surface area contributed by atoms with E-state index in [2.05, 4.69) is 0 Å². The normalized spacial score (nSPS) is 24.3. The van der Waals surface area contributed by atoms with Gasteiger partial charge in [-0.1, -0.05) is 30.3 Å². The van der Waals surface area contributed by atoms with Crippen LogP contribution in [-0.4, -0.2) is 12.4 Å². The van der Waals surface area contributed by atoms with Crippen LogP contribution in [0.15, 0.2) is 42.2 Å². The summed E-state index contributed by atoms with van der Waals surface area (Å²) in [6.45, 7) is 4.61. The van der Waals surface area contributed by atoms with Gasteiger partial charge in [0.2, 0.25) is 0 Å². The van der Waals surface area contributed by atoms with E-state index in [4.69, 9.17) is 4.74 Å². The topological polar surface area (TPSA) is 26.3 Å². The number of benzene rings is 1. The molecule has 18 heavy (non-hydrogen) atoms. The number of rotatable bonds is 3. The molecule has 1 aliphatic carbocycles. The Morgan fingerprint density at radius 3 is 2.67 bits per heavy atom. The molecule has 1 unspecified atom stereocenters. The van der Waals surface area contributed by atoms with Gasteiger partial charge in [-0.15, -0.1) is 0 Å². The van der Waals surface area contributed by atoms with Gasteiger partial charge in [-0.3, -0.25) is 4.79 Å². The molecule has 2 heteroatoms. The lowest BCUT2D eigenvalue weighted by molar-refractivity contribution is -0.119. The molecule has 1 aliphatic rings. The molecule has 0 fully saturated rings. The molecule has 1 atom stereocenters. The Hall–Kier alpha value is -1.57. The second-order valence-electron chi connectivity index (χ2n) is 4.96. The quantitative estimate of drug-likeness (QED) is 0.811. The molecule has 0 spiro atoms. The predicted octanol–water partition coefficient (Wildman–Crippen LogP) is 3.62. The van der Waals surface area contributed by atoms with E-state index in [0.29, 0.717) is 6.61 Å². The lowest BCUT2D eigenvalue weighted by Gasteiger charge is -2.26. The summed E-state index contributed by atoms with van der Waals surface area (Å²) >= 11 is 0. The zero-order chi connectivity index (χ0) is 13.0. The Balaban J connectivity index is 2.31. The molecular formula is C16H20O2. The Labute approximate surface area is 109 Å². The van der Waals surface area contributed by atoms with Gasteiger partial charge in [0, 0.05) is 12.5 Å². The van der Waals surface area contributed by atoms with Crippen LogP contribution in [0.2, 0.25) is 0 Å². The fourth-order valence-electron chi connectivity index (χ4n) is 2.51. The summed E-state index contributed by atoms with van der Waals surface area (Å²) in [4.78, 5) is 12.5. The standard InChI is InChI=1S/C16H20O2/c1-3-18-14-10-7-11-16(2,15(17)12-14)13-8-5-4-6-9-13/h4-6,8-9,12H,3,7,10-11H2,1-2H3. The lowest BCUT2D eigenvalue weighted by atomic mass is 9.76. The molecule has 0 amide bonds. The maximum atomic E-state index is 12.5. The summed E-state index contributed by atoms with van der Waals surface area (Å²) in [6, 6.07) is 10.0. The Kier molecular flexibility index (Phi) is 3.85. The van der Waals surface area contributed by atoms with Gasteiger partial charge < -0.3 is 4.74 Å². The van der Waals surface area contributed by atoms with E-state index in [1.807, 2.05) is 44.2 Å². The van der Waals surface area contributed by atoms with Crippen molar-refractivity contribution >= 4 is 5.78 Å². The molecule has 0 radical (unpaired) electrons. The average Bonchev–Trinajstić information content (AvgIpc) is 2.52. The van der Waals surface area contributed by atoms with Crippen molar-refractivity contribution < 1.29 is 9.53 Å². The first-order valence-corrected chi connectivity index (χ1v) is 6.60. The molecule has 0 heterocycles. The van der Waals surface area contributed by atoms with Crippen LogP contribution in [0.4, 0.5) is 0 Å². The molecule has 96 valence electrons. The van der Waals surface area contributed by atoms with Crippen LogP contribution in [0.5, 0.6) is 0 Å². The van der Waals surface area contributed by atoms with Gasteiger partial charge >= 0.3 is 0 Å². The summed E-state index contributed by atoms with van der Waals surface area (Å²) in [5.74, 6) is 0.997. The fourth-order valence-corrected chi connectivity index (χ4v) is 2.51. The zero-order valence-electron chi connectivity index (χ0n) is 11.1. The maximum absolute atomic E-state index is 12.5. The lowest BCUT2D eigenvalue weighted by Crippen LogP contribution is -2.30. The minimum atomic E-state index is -0.403. The minimum Gasteiger partial charge on any atom is -0.498 e. The van der Waals surface area contributed by atoms with Gasteiger partial charge in [-0.05, 0) is 32.3 Å². The second-order valence-corrected chi connectivity index (χ2v) is 4.96. The summed E-state index contributed by atoms with van der Waals surface area (Å²) in [7, 11) is 0. The third-order valence-electron chi connectivity index (χ3n) is 3.68. The summed E-state index contributed by atoms with van der Waals surface area (Å²) in [5, 5.41) is 0. The van der Waals surface area contributed by atoms with Crippen molar-refractivity contribution in [2.75, 3.05) is 6.61 Å². The van der Waals surface area contributed by atoms with Gasteiger partial charge in [0.1, 0.15) is 0 Å². The van der Waals surface area contributed by atoms with E-state index in [0.717, 1.165) is 30.6 Å². The maximum Gasteiger partial charge on any atom is 0.169 e. The second kappa shape index (κ2) is 5.38. The highest BCUT2D eigenvalue weighted by molar-refractivity contribution is 5.99. The molecule has 0 bridgehead atoms. The number of ketones is 1. The number of hydrogen-bond acceptors (Lipinski definition) is 2. The molecule has 1 aromatic rings. The zero-order valence-corrected chi connectivity index (χ0v) is 11.1. The number of carbonyl (C=O) groups is 1. The summed E-state index contributed by atoms with van der Waals surface area (Å²) in [5.41, 5.74) is 0.698. The first kappa shape index (κ1) is 12.9. The van der Waals surface area contributed by atoms with Crippen LogP contribution in [-0.2, 0) is 14.9 Å². The minimum absolute atomic E-state index is 0.162. The summed E-state index contributed by atoms with van der Waals surface area (Å²) in [6.07, 6.45) is 4.43. The van der Waals surface area contributed by atoms with Crippen LogP contribution in [0.3, 0.4) is 0 Å². The van der Waals surface area contributed by atoms with E-state index in [-0.39, 0.29) is 5.78 Å². The largest absolute Gasteiger partial charge is 0.498 e. The fraction of sp³-hybridized carbons (Fsp3) is 0.438. The van der Waals surface area contributed by atoms with Crippen LogP contribution in [0, 0.1) is 0 Å². The smallest absolute Gasteiger partial charge is 0.169 e. The molecule has 2 nitrogen and oxygen atoms in total. The Morgan fingerprint density at radius 2 is 2.00 bits per heavy atom. The SMILES string of the molecule is CCOC1=CC(=O)C(C)(c2ccccc2)CCC1. The van der Waals surface area contributed by atoms with Gasteiger partial charge in [-0.2, -0.15) is 0 Å². The third kappa shape index (κ3) is 2.47. The average molecular weight is 244 g/mol. The predicted molar refractivity (Wildman–Crippen MR) is 72.4 cm³/mol. The number of ether oxygens (including phenoxy) is 1. The molecule has 0 aromatic heterocycles. The van der Waals surface area contributed by atoms with E-state index >= 15 is 0 Å². The Bertz CT molecular complexity index is 447. The van der Waals surface area contributed by atoms with Crippen molar-refractivity contribution in [1.82, 2.24) is 0 Å². The monoisotopic (exact) mass is 244 g/mol. The van der Waals surface area contributed by atoms with E-state index in [1.54, 1.807) is 6.08 Å². The highest BCUT2D eigenvalue weighted by Crippen LogP contribution is 2.34. The van der Waals surface area contributed by atoms with Crippen LogP contribution >= 0.6 is 0 Å². The number of carbonyl (C=O) groups excluding carboxylic acids is 1. The van der Waals surface area contributed by atoms with Crippen molar-refractivity contribution in [2.45, 2.75) is 38.5 Å². The van der Waals surface area contributed by atoms with E-state index in [1.165, 1.54) is 0 Å². The van der Waals surface area contributed by atoms with Gasteiger partial charge in [0.15, 0.2) is 5.78 Å². The Morgan fingerprint density at radius 1 is 1.28 bits per heavy atom. The van der Waals surface area contributed by atoms with Gasteiger partial charge in [-0.25, -0.2) is 0 Å². The van der Waals surface area contributed by atoms with Crippen molar-refractivity contribution in [2.24, 2.45) is 0 Å². The van der Waals surface area contributed by atoms with Gasteiger partial charge in [0.05, 0.1) is 17.8 Å². The third-order valence-corrected chi connectivity index (χ3v) is 3.68.